The van der Waals surface area contributed by atoms with Crippen molar-refractivity contribution in [1.82, 2.24) is 0 Å². The van der Waals surface area contributed by atoms with Gasteiger partial charge in [-0.1, -0.05) is 18.9 Å². The maximum Gasteiger partial charge on any atom is 0.203 e. The molecule has 0 amide bonds. The molecular weight excluding hydrogens is 242 g/mol. The highest BCUT2D eigenvalue weighted by molar-refractivity contribution is 5.58. The highest BCUT2D eigenvalue weighted by Crippen LogP contribution is 2.50. The van der Waals surface area contributed by atoms with Crippen molar-refractivity contribution in [1.29, 1.82) is 0 Å². The molecule has 0 bridgehead atoms. The summed E-state index contributed by atoms with van der Waals surface area (Å²) in [5.74, 6) is 2.33. The molecule has 1 aromatic carbocycles. The number of hydrogen-bond acceptors (Lipinski definition) is 4. The third-order valence-electron chi connectivity index (χ3n) is 4.39. The van der Waals surface area contributed by atoms with E-state index in [4.69, 9.17) is 19.9 Å². The summed E-state index contributed by atoms with van der Waals surface area (Å²) >= 11 is 0. The largest absolute Gasteiger partial charge is 0.492 e. The Kier molecular flexibility index (Phi) is 3.27. The van der Waals surface area contributed by atoms with Crippen LogP contribution < -0.4 is 19.9 Å². The standard InChI is InChI=1S/C15H21NO3/c1-17-13-11(15(10-16)6-2-3-7-15)4-5-12-14(13)19-9-8-18-12/h4-5H,2-3,6-10,16H2,1H3. The fourth-order valence-electron chi connectivity index (χ4n) is 3.35. The lowest BCUT2D eigenvalue weighted by atomic mass is 9.78. The van der Waals surface area contributed by atoms with Crippen molar-refractivity contribution in [3.63, 3.8) is 0 Å². The van der Waals surface area contributed by atoms with Crippen LogP contribution in [0, 0.1) is 0 Å². The van der Waals surface area contributed by atoms with Gasteiger partial charge in [-0.25, -0.2) is 0 Å². The molecule has 1 aliphatic carbocycles. The zero-order valence-electron chi connectivity index (χ0n) is 11.4. The topological polar surface area (TPSA) is 53.7 Å². The average molecular weight is 263 g/mol. The van der Waals surface area contributed by atoms with E-state index in [9.17, 15) is 0 Å². The molecule has 1 aromatic rings. The molecule has 0 radical (unpaired) electrons. The van der Waals surface area contributed by atoms with Crippen LogP contribution in [0.4, 0.5) is 0 Å². The molecule has 2 aliphatic rings. The van der Waals surface area contributed by atoms with Gasteiger partial charge in [0, 0.05) is 17.5 Å². The van der Waals surface area contributed by atoms with Gasteiger partial charge in [0.05, 0.1) is 7.11 Å². The zero-order chi connectivity index (χ0) is 13.3. The quantitative estimate of drug-likeness (QED) is 0.908. The van der Waals surface area contributed by atoms with E-state index in [0.717, 1.165) is 30.1 Å². The van der Waals surface area contributed by atoms with E-state index in [1.807, 2.05) is 6.07 Å². The Morgan fingerprint density at radius 1 is 1.21 bits per heavy atom. The lowest BCUT2D eigenvalue weighted by Crippen LogP contribution is -2.32. The number of benzene rings is 1. The fraction of sp³-hybridized carbons (Fsp3) is 0.600. The van der Waals surface area contributed by atoms with Gasteiger partial charge in [0.15, 0.2) is 11.5 Å². The van der Waals surface area contributed by atoms with Crippen LogP contribution in [0.15, 0.2) is 12.1 Å². The lowest BCUT2D eigenvalue weighted by molar-refractivity contribution is 0.164. The van der Waals surface area contributed by atoms with Gasteiger partial charge in [-0.2, -0.15) is 0 Å². The smallest absolute Gasteiger partial charge is 0.203 e. The molecule has 104 valence electrons. The number of hydrogen-bond donors (Lipinski definition) is 1. The Hall–Kier alpha value is -1.42. The van der Waals surface area contributed by atoms with Crippen molar-refractivity contribution in [3.8, 4) is 17.2 Å². The van der Waals surface area contributed by atoms with Crippen molar-refractivity contribution < 1.29 is 14.2 Å². The van der Waals surface area contributed by atoms with Crippen molar-refractivity contribution >= 4 is 0 Å². The zero-order valence-corrected chi connectivity index (χ0v) is 11.4. The molecule has 0 atom stereocenters. The van der Waals surface area contributed by atoms with Crippen molar-refractivity contribution in [2.45, 2.75) is 31.1 Å². The van der Waals surface area contributed by atoms with E-state index in [1.54, 1.807) is 7.11 Å². The van der Waals surface area contributed by atoms with E-state index >= 15 is 0 Å². The minimum absolute atomic E-state index is 0.0428. The van der Waals surface area contributed by atoms with Gasteiger partial charge in [-0.3, -0.25) is 0 Å². The van der Waals surface area contributed by atoms with Crippen molar-refractivity contribution in [3.05, 3.63) is 17.7 Å². The van der Waals surface area contributed by atoms with E-state index in [1.165, 1.54) is 18.4 Å². The Morgan fingerprint density at radius 2 is 1.95 bits per heavy atom. The van der Waals surface area contributed by atoms with Gasteiger partial charge < -0.3 is 19.9 Å². The van der Waals surface area contributed by atoms with Crippen LogP contribution in [0.2, 0.25) is 0 Å². The summed E-state index contributed by atoms with van der Waals surface area (Å²) in [5.41, 5.74) is 7.30. The second-order valence-corrected chi connectivity index (χ2v) is 5.36. The molecule has 2 N–H and O–H groups in total. The number of fused-ring (bicyclic) bond motifs is 1. The normalized spacial score (nSPS) is 20.3. The van der Waals surface area contributed by atoms with E-state index in [2.05, 4.69) is 6.07 Å². The Morgan fingerprint density at radius 3 is 2.63 bits per heavy atom. The fourth-order valence-corrected chi connectivity index (χ4v) is 3.35. The van der Waals surface area contributed by atoms with Crippen LogP contribution >= 0.6 is 0 Å². The Balaban J connectivity index is 2.10. The monoisotopic (exact) mass is 263 g/mol. The molecule has 0 unspecified atom stereocenters. The number of methoxy groups -OCH3 is 1. The molecular formula is C15H21NO3. The number of ether oxygens (including phenoxy) is 3. The first kappa shape index (κ1) is 12.6. The number of rotatable bonds is 3. The first-order chi connectivity index (χ1) is 9.30. The highest BCUT2D eigenvalue weighted by atomic mass is 16.6. The van der Waals surface area contributed by atoms with Crippen LogP contribution in [0.25, 0.3) is 0 Å². The van der Waals surface area contributed by atoms with Crippen LogP contribution in [0.5, 0.6) is 17.2 Å². The van der Waals surface area contributed by atoms with Crippen molar-refractivity contribution in [2.24, 2.45) is 5.73 Å². The SMILES string of the molecule is COc1c(C2(CN)CCCC2)ccc2c1OCCO2. The molecule has 0 spiro atoms. The first-order valence-corrected chi connectivity index (χ1v) is 6.98. The minimum atomic E-state index is 0.0428. The summed E-state index contributed by atoms with van der Waals surface area (Å²) in [6, 6.07) is 4.09. The third-order valence-corrected chi connectivity index (χ3v) is 4.39. The molecule has 4 heteroatoms. The molecule has 1 aliphatic heterocycles. The summed E-state index contributed by atoms with van der Waals surface area (Å²) in [6.07, 6.45) is 4.71. The minimum Gasteiger partial charge on any atom is -0.492 e. The summed E-state index contributed by atoms with van der Waals surface area (Å²) < 4.78 is 17.0. The van der Waals surface area contributed by atoms with Crippen LogP contribution in [0.1, 0.15) is 31.2 Å². The maximum absolute atomic E-state index is 6.07. The van der Waals surface area contributed by atoms with Crippen LogP contribution in [-0.2, 0) is 5.41 Å². The Bertz CT molecular complexity index is 467. The Labute approximate surface area is 113 Å². The molecule has 1 saturated carbocycles. The van der Waals surface area contributed by atoms with Gasteiger partial charge in [-0.15, -0.1) is 0 Å². The van der Waals surface area contributed by atoms with E-state index in [0.29, 0.717) is 19.8 Å². The van der Waals surface area contributed by atoms with Gasteiger partial charge in [0.2, 0.25) is 5.75 Å². The van der Waals surface area contributed by atoms with Gasteiger partial charge in [0.1, 0.15) is 13.2 Å². The van der Waals surface area contributed by atoms with E-state index in [-0.39, 0.29) is 5.41 Å². The third kappa shape index (κ3) is 1.94. The highest BCUT2D eigenvalue weighted by Gasteiger charge is 2.38. The summed E-state index contributed by atoms with van der Waals surface area (Å²) in [6.45, 7) is 1.82. The molecule has 19 heavy (non-hydrogen) atoms. The molecule has 1 fully saturated rings. The predicted molar refractivity (Wildman–Crippen MR) is 73.2 cm³/mol. The van der Waals surface area contributed by atoms with Gasteiger partial charge in [-0.05, 0) is 18.9 Å². The van der Waals surface area contributed by atoms with Crippen molar-refractivity contribution in [2.75, 3.05) is 26.9 Å². The molecule has 4 nitrogen and oxygen atoms in total. The molecule has 0 saturated heterocycles. The maximum atomic E-state index is 6.07. The second-order valence-electron chi connectivity index (χ2n) is 5.36. The van der Waals surface area contributed by atoms with Gasteiger partial charge in [0.25, 0.3) is 0 Å². The summed E-state index contributed by atoms with van der Waals surface area (Å²) in [4.78, 5) is 0. The van der Waals surface area contributed by atoms with Gasteiger partial charge >= 0.3 is 0 Å². The second kappa shape index (κ2) is 4.93. The summed E-state index contributed by atoms with van der Waals surface area (Å²) in [7, 11) is 1.69. The summed E-state index contributed by atoms with van der Waals surface area (Å²) in [5, 5.41) is 0. The molecule has 0 aromatic heterocycles. The first-order valence-electron chi connectivity index (χ1n) is 6.98. The predicted octanol–water partition coefficient (Wildman–Crippen LogP) is 2.24. The molecule has 3 rings (SSSR count). The average Bonchev–Trinajstić information content (AvgIpc) is 2.96. The molecule has 1 heterocycles. The lowest BCUT2D eigenvalue weighted by Gasteiger charge is -2.31. The van der Waals surface area contributed by atoms with E-state index < -0.39 is 0 Å². The van der Waals surface area contributed by atoms with Crippen LogP contribution in [0.3, 0.4) is 0 Å². The van der Waals surface area contributed by atoms with Crippen LogP contribution in [-0.4, -0.2) is 26.9 Å². The number of nitrogens with two attached hydrogens (primary N) is 1.